The molecule has 0 heterocycles. The summed E-state index contributed by atoms with van der Waals surface area (Å²) in [6.07, 6.45) is 1.17. The van der Waals surface area contributed by atoms with Gasteiger partial charge in [-0.05, 0) is 36.2 Å². The van der Waals surface area contributed by atoms with E-state index in [2.05, 4.69) is 34.1 Å². The first kappa shape index (κ1) is 7.32. The molecule has 2 N–H and O–H groups in total. The van der Waals surface area contributed by atoms with Crippen LogP contribution >= 0.6 is 15.9 Å². The van der Waals surface area contributed by atoms with Gasteiger partial charge in [0.2, 0.25) is 0 Å². The maximum atomic E-state index is 5.58. The minimum Gasteiger partial charge on any atom is -0.330 e. The van der Waals surface area contributed by atoms with Crippen molar-refractivity contribution in [2.24, 2.45) is 5.73 Å². The number of fused-ring (bicyclic) bond motifs is 1. The summed E-state index contributed by atoms with van der Waals surface area (Å²) in [7, 11) is 0. The third-order valence-electron chi connectivity index (χ3n) is 2.30. The Balaban J connectivity index is 2.37. The van der Waals surface area contributed by atoms with Crippen molar-refractivity contribution in [2.45, 2.75) is 12.3 Å². The van der Waals surface area contributed by atoms with E-state index in [1.165, 1.54) is 17.5 Å². The van der Waals surface area contributed by atoms with Crippen LogP contribution in [-0.2, 0) is 6.42 Å². The lowest BCUT2D eigenvalue weighted by Gasteiger charge is -2.29. The van der Waals surface area contributed by atoms with Crippen molar-refractivity contribution in [2.75, 3.05) is 6.54 Å². The van der Waals surface area contributed by atoms with Gasteiger partial charge in [0.05, 0.1) is 0 Å². The summed E-state index contributed by atoms with van der Waals surface area (Å²) in [6.45, 7) is 0.781. The van der Waals surface area contributed by atoms with Gasteiger partial charge in [-0.15, -0.1) is 0 Å². The van der Waals surface area contributed by atoms with Crippen molar-refractivity contribution < 1.29 is 0 Å². The highest BCUT2D eigenvalue weighted by Gasteiger charge is 2.24. The maximum Gasteiger partial charge on any atom is 0.0178 e. The van der Waals surface area contributed by atoms with Crippen LogP contribution in [0.15, 0.2) is 22.7 Å². The predicted molar refractivity (Wildman–Crippen MR) is 49.6 cm³/mol. The molecule has 1 aromatic carbocycles. The Morgan fingerprint density at radius 3 is 3.09 bits per heavy atom. The van der Waals surface area contributed by atoms with Crippen LogP contribution in [0.25, 0.3) is 0 Å². The number of halogens is 1. The second-order valence-electron chi connectivity index (χ2n) is 2.98. The summed E-state index contributed by atoms with van der Waals surface area (Å²) in [5.41, 5.74) is 8.48. The van der Waals surface area contributed by atoms with Crippen molar-refractivity contribution in [3.05, 3.63) is 33.8 Å². The van der Waals surface area contributed by atoms with Crippen molar-refractivity contribution >= 4 is 15.9 Å². The molecule has 0 saturated carbocycles. The van der Waals surface area contributed by atoms with E-state index in [-0.39, 0.29) is 0 Å². The first-order valence-electron chi connectivity index (χ1n) is 3.79. The minimum absolute atomic E-state index is 0.613. The van der Waals surface area contributed by atoms with Gasteiger partial charge in [-0.1, -0.05) is 22.0 Å². The lowest BCUT2D eigenvalue weighted by atomic mass is 9.78. The lowest BCUT2D eigenvalue weighted by molar-refractivity contribution is 0.617. The fourth-order valence-electron chi connectivity index (χ4n) is 1.59. The fourth-order valence-corrected chi connectivity index (χ4v) is 1.97. The van der Waals surface area contributed by atoms with Crippen LogP contribution in [0.5, 0.6) is 0 Å². The van der Waals surface area contributed by atoms with Gasteiger partial charge in [-0.25, -0.2) is 0 Å². The van der Waals surface area contributed by atoms with Crippen molar-refractivity contribution in [1.29, 1.82) is 0 Å². The highest BCUT2D eigenvalue weighted by Crippen LogP contribution is 2.35. The van der Waals surface area contributed by atoms with Gasteiger partial charge in [0.25, 0.3) is 0 Å². The van der Waals surface area contributed by atoms with Crippen molar-refractivity contribution in [3.63, 3.8) is 0 Å². The topological polar surface area (TPSA) is 26.0 Å². The molecule has 0 aliphatic heterocycles. The van der Waals surface area contributed by atoms with E-state index >= 15 is 0 Å². The van der Waals surface area contributed by atoms with Gasteiger partial charge < -0.3 is 5.73 Å². The lowest BCUT2D eigenvalue weighted by Crippen LogP contribution is -2.24. The Hall–Kier alpha value is -0.340. The summed E-state index contributed by atoms with van der Waals surface area (Å²) in [5.74, 6) is 0.613. The molecule has 0 radical (unpaired) electrons. The number of nitrogens with two attached hydrogens (primary N) is 1. The van der Waals surface area contributed by atoms with E-state index in [0.717, 1.165) is 11.0 Å². The largest absolute Gasteiger partial charge is 0.330 e. The normalized spacial score (nSPS) is 20.7. The van der Waals surface area contributed by atoms with E-state index in [1.807, 2.05) is 0 Å². The Morgan fingerprint density at radius 2 is 2.36 bits per heavy atom. The predicted octanol–water partition coefficient (Wildman–Crippen LogP) is 2.05. The summed E-state index contributed by atoms with van der Waals surface area (Å²) in [6, 6.07) is 6.44. The van der Waals surface area contributed by atoms with Crippen molar-refractivity contribution in [3.8, 4) is 0 Å². The summed E-state index contributed by atoms with van der Waals surface area (Å²) in [5, 5.41) is 0. The van der Waals surface area contributed by atoms with Gasteiger partial charge in [-0.2, -0.15) is 0 Å². The molecule has 1 aromatic rings. The first-order chi connectivity index (χ1) is 5.31. The molecule has 0 amide bonds. The monoisotopic (exact) mass is 211 g/mol. The molecule has 1 nitrogen and oxygen atoms in total. The van der Waals surface area contributed by atoms with E-state index in [0.29, 0.717) is 5.92 Å². The van der Waals surface area contributed by atoms with Crippen LogP contribution in [0.2, 0.25) is 0 Å². The van der Waals surface area contributed by atoms with Gasteiger partial charge in [0.1, 0.15) is 0 Å². The highest BCUT2D eigenvalue weighted by atomic mass is 79.9. The molecule has 1 unspecified atom stereocenters. The molecule has 0 spiro atoms. The smallest absolute Gasteiger partial charge is 0.0178 e. The Labute approximate surface area is 74.7 Å². The Morgan fingerprint density at radius 1 is 1.55 bits per heavy atom. The summed E-state index contributed by atoms with van der Waals surface area (Å²) >= 11 is 3.45. The van der Waals surface area contributed by atoms with Crippen LogP contribution in [0.1, 0.15) is 17.0 Å². The van der Waals surface area contributed by atoms with Crippen LogP contribution in [0, 0.1) is 0 Å². The molecule has 0 bridgehead atoms. The molecule has 1 atom stereocenters. The van der Waals surface area contributed by atoms with Gasteiger partial charge in [0, 0.05) is 10.4 Å². The van der Waals surface area contributed by atoms with Crippen LogP contribution in [-0.4, -0.2) is 6.54 Å². The summed E-state index contributed by atoms with van der Waals surface area (Å²) in [4.78, 5) is 0. The van der Waals surface area contributed by atoms with Gasteiger partial charge in [0.15, 0.2) is 0 Å². The number of rotatable bonds is 1. The van der Waals surface area contributed by atoms with Crippen LogP contribution in [0.4, 0.5) is 0 Å². The molecule has 0 aromatic heterocycles. The second kappa shape index (κ2) is 2.61. The quantitative estimate of drug-likeness (QED) is 0.757. The van der Waals surface area contributed by atoms with E-state index in [9.17, 15) is 0 Å². The highest BCUT2D eigenvalue weighted by molar-refractivity contribution is 9.10. The number of hydrogen-bond donors (Lipinski definition) is 1. The maximum absolute atomic E-state index is 5.58. The standard InChI is InChI=1S/C9H10BrN/c10-8-2-1-6-3-7(5-11)9(6)4-8/h1-2,4,7H,3,5,11H2. The molecule has 1 aliphatic carbocycles. The Kier molecular flexibility index (Phi) is 1.74. The SMILES string of the molecule is NCC1Cc2ccc(Br)cc21. The average molecular weight is 212 g/mol. The molecule has 0 fully saturated rings. The third kappa shape index (κ3) is 1.10. The number of benzene rings is 1. The molecule has 11 heavy (non-hydrogen) atoms. The molecular weight excluding hydrogens is 202 g/mol. The number of hydrogen-bond acceptors (Lipinski definition) is 1. The zero-order valence-electron chi connectivity index (χ0n) is 6.18. The zero-order chi connectivity index (χ0) is 7.84. The van der Waals surface area contributed by atoms with E-state index in [4.69, 9.17) is 5.73 Å². The van der Waals surface area contributed by atoms with Crippen LogP contribution < -0.4 is 5.73 Å². The zero-order valence-corrected chi connectivity index (χ0v) is 7.76. The van der Waals surface area contributed by atoms with E-state index in [1.54, 1.807) is 0 Å². The van der Waals surface area contributed by atoms with Crippen molar-refractivity contribution in [1.82, 2.24) is 0 Å². The Bertz CT molecular complexity index is 283. The average Bonchev–Trinajstić information content (AvgIpc) is 1.97. The molecule has 58 valence electrons. The first-order valence-corrected chi connectivity index (χ1v) is 4.59. The molecule has 2 heteroatoms. The molecular formula is C9H10BrN. The van der Waals surface area contributed by atoms with Gasteiger partial charge in [-0.3, -0.25) is 0 Å². The van der Waals surface area contributed by atoms with Gasteiger partial charge >= 0.3 is 0 Å². The third-order valence-corrected chi connectivity index (χ3v) is 2.79. The molecule has 2 rings (SSSR count). The fraction of sp³-hybridized carbons (Fsp3) is 0.333. The minimum atomic E-state index is 0.613. The molecule has 0 saturated heterocycles. The summed E-state index contributed by atoms with van der Waals surface area (Å²) < 4.78 is 1.16. The van der Waals surface area contributed by atoms with Crippen LogP contribution in [0.3, 0.4) is 0 Å². The van der Waals surface area contributed by atoms with E-state index < -0.39 is 0 Å². The molecule has 1 aliphatic rings. The second-order valence-corrected chi connectivity index (χ2v) is 3.90.